The number of likely N-dealkylation sites (tertiary alicyclic amines) is 1. The molecule has 0 bridgehead atoms. The van der Waals surface area contributed by atoms with E-state index in [0.717, 1.165) is 12.0 Å². The number of benzene rings is 1. The summed E-state index contributed by atoms with van der Waals surface area (Å²) in [5.41, 5.74) is 6.46. The number of urea groups is 1. The summed E-state index contributed by atoms with van der Waals surface area (Å²) < 4.78 is 13.3. The van der Waals surface area contributed by atoms with Gasteiger partial charge in [0.15, 0.2) is 0 Å². The Bertz CT molecular complexity index is 542. The van der Waals surface area contributed by atoms with Crippen molar-refractivity contribution in [3.8, 4) is 0 Å². The van der Waals surface area contributed by atoms with Gasteiger partial charge in [-0.05, 0) is 50.5 Å². The number of carbonyl (C=O) groups is 2. The SMILES string of the molecule is Cc1cc(F)cc(NC(=O)N2CC(C(N)=O)CCC2C)c1. The third-order valence-corrected chi connectivity index (χ3v) is 3.84. The highest BCUT2D eigenvalue weighted by atomic mass is 19.1. The lowest BCUT2D eigenvalue weighted by Gasteiger charge is -2.36. The zero-order valence-corrected chi connectivity index (χ0v) is 12.2. The molecule has 1 aromatic rings. The van der Waals surface area contributed by atoms with Crippen molar-refractivity contribution in [3.05, 3.63) is 29.6 Å². The van der Waals surface area contributed by atoms with Gasteiger partial charge in [0, 0.05) is 18.3 Å². The summed E-state index contributed by atoms with van der Waals surface area (Å²) in [6, 6.07) is 4.04. The summed E-state index contributed by atoms with van der Waals surface area (Å²) in [6.45, 7) is 3.98. The Balaban J connectivity index is 2.09. The van der Waals surface area contributed by atoms with Crippen LogP contribution in [0.3, 0.4) is 0 Å². The monoisotopic (exact) mass is 293 g/mol. The Labute approximate surface area is 123 Å². The van der Waals surface area contributed by atoms with E-state index < -0.39 is 5.82 Å². The van der Waals surface area contributed by atoms with Crippen LogP contribution in [0.1, 0.15) is 25.3 Å². The molecule has 1 aliphatic heterocycles. The number of nitrogens with one attached hydrogen (secondary N) is 1. The Morgan fingerprint density at radius 2 is 2.05 bits per heavy atom. The summed E-state index contributed by atoms with van der Waals surface area (Å²) in [7, 11) is 0. The first-order chi connectivity index (χ1) is 9.86. The van der Waals surface area contributed by atoms with Gasteiger partial charge in [0.25, 0.3) is 0 Å². The quantitative estimate of drug-likeness (QED) is 0.877. The van der Waals surface area contributed by atoms with Crippen molar-refractivity contribution >= 4 is 17.6 Å². The maximum atomic E-state index is 13.3. The molecule has 0 aromatic heterocycles. The van der Waals surface area contributed by atoms with Gasteiger partial charge in [0.1, 0.15) is 5.82 Å². The van der Waals surface area contributed by atoms with E-state index in [0.29, 0.717) is 18.7 Å². The molecule has 0 saturated carbocycles. The van der Waals surface area contributed by atoms with Gasteiger partial charge in [-0.25, -0.2) is 9.18 Å². The molecule has 2 rings (SSSR count). The summed E-state index contributed by atoms with van der Waals surface area (Å²) in [4.78, 5) is 25.2. The predicted octanol–water partition coefficient (Wildman–Crippen LogP) is 2.25. The second-order valence-corrected chi connectivity index (χ2v) is 5.63. The van der Waals surface area contributed by atoms with Gasteiger partial charge in [-0.15, -0.1) is 0 Å². The molecule has 21 heavy (non-hydrogen) atoms. The maximum Gasteiger partial charge on any atom is 0.322 e. The predicted molar refractivity (Wildman–Crippen MR) is 78.2 cm³/mol. The Morgan fingerprint density at radius 3 is 2.67 bits per heavy atom. The molecule has 0 radical (unpaired) electrons. The van der Waals surface area contributed by atoms with Crippen molar-refractivity contribution in [1.82, 2.24) is 4.90 Å². The van der Waals surface area contributed by atoms with E-state index >= 15 is 0 Å². The van der Waals surface area contributed by atoms with E-state index in [9.17, 15) is 14.0 Å². The van der Waals surface area contributed by atoms with Crippen LogP contribution in [0.15, 0.2) is 18.2 Å². The average molecular weight is 293 g/mol. The minimum absolute atomic E-state index is 0.0234. The Morgan fingerprint density at radius 1 is 1.33 bits per heavy atom. The molecule has 0 aliphatic carbocycles. The van der Waals surface area contributed by atoms with Crippen LogP contribution in [-0.2, 0) is 4.79 Å². The van der Waals surface area contributed by atoms with E-state index in [4.69, 9.17) is 5.73 Å². The molecule has 2 atom stereocenters. The molecule has 3 amide bonds. The number of halogens is 1. The molecule has 3 N–H and O–H groups in total. The average Bonchev–Trinajstić information content (AvgIpc) is 2.37. The normalized spacial score (nSPS) is 22.0. The van der Waals surface area contributed by atoms with E-state index in [1.54, 1.807) is 17.9 Å². The van der Waals surface area contributed by atoms with Crippen molar-refractivity contribution in [2.75, 3.05) is 11.9 Å². The highest BCUT2D eigenvalue weighted by Gasteiger charge is 2.31. The maximum absolute atomic E-state index is 13.3. The van der Waals surface area contributed by atoms with Crippen LogP contribution in [-0.4, -0.2) is 29.4 Å². The zero-order chi connectivity index (χ0) is 15.6. The van der Waals surface area contributed by atoms with Crippen LogP contribution >= 0.6 is 0 Å². The Hall–Kier alpha value is -2.11. The second-order valence-electron chi connectivity index (χ2n) is 5.63. The molecule has 1 heterocycles. The van der Waals surface area contributed by atoms with E-state index in [-0.39, 0.29) is 23.9 Å². The third kappa shape index (κ3) is 3.71. The first-order valence-corrected chi connectivity index (χ1v) is 7.01. The second kappa shape index (κ2) is 6.11. The highest BCUT2D eigenvalue weighted by molar-refractivity contribution is 5.90. The zero-order valence-electron chi connectivity index (χ0n) is 12.2. The van der Waals surface area contributed by atoms with E-state index in [2.05, 4.69) is 5.32 Å². The van der Waals surface area contributed by atoms with E-state index in [1.165, 1.54) is 12.1 Å². The molecule has 1 aromatic carbocycles. The van der Waals surface area contributed by atoms with Crippen molar-refractivity contribution in [2.45, 2.75) is 32.7 Å². The molecule has 6 heteroatoms. The first-order valence-electron chi connectivity index (χ1n) is 7.01. The number of nitrogens with two attached hydrogens (primary N) is 1. The van der Waals surface area contributed by atoms with Gasteiger partial charge in [-0.2, -0.15) is 0 Å². The largest absolute Gasteiger partial charge is 0.369 e. The molecular weight excluding hydrogens is 273 g/mol. The van der Waals surface area contributed by atoms with Crippen molar-refractivity contribution < 1.29 is 14.0 Å². The summed E-state index contributed by atoms with van der Waals surface area (Å²) in [5, 5.41) is 2.68. The molecule has 5 nitrogen and oxygen atoms in total. The molecule has 1 aliphatic rings. The number of aryl methyl sites for hydroxylation is 1. The van der Waals surface area contributed by atoms with Crippen molar-refractivity contribution in [2.24, 2.45) is 11.7 Å². The molecule has 1 saturated heterocycles. The van der Waals surface area contributed by atoms with Gasteiger partial charge >= 0.3 is 6.03 Å². The third-order valence-electron chi connectivity index (χ3n) is 3.84. The highest BCUT2D eigenvalue weighted by Crippen LogP contribution is 2.23. The number of hydrogen-bond donors (Lipinski definition) is 2. The van der Waals surface area contributed by atoms with E-state index in [1.807, 2.05) is 6.92 Å². The Kier molecular flexibility index (Phi) is 4.45. The van der Waals surface area contributed by atoms with Crippen LogP contribution in [0.2, 0.25) is 0 Å². The lowest BCUT2D eigenvalue weighted by molar-refractivity contribution is -0.123. The first kappa shape index (κ1) is 15.3. The summed E-state index contributed by atoms with van der Waals surface area (Å²) in [5.74, 6) is -1.10. The fourth-order valence-electron chi connectivity index (χ4n) is 2.63. The lowest BCUT2D eigenvalue weighted by atomic mass is 9.93. The smallest absolute Gasteiger partial charge is 0.322 e. The standard InChI is InChI=1S/C15H20FN3O2/c1-9-5-12(16)7-13(6-9)18-15(21)19-8-11(14(17)20)4-3-10(19)2/h5-7,10-11H,3-4,8H2,1-2H3,(H2,17,20)(H,18,21). The van der Waals surface area contributed by atoms with Crippen LogP contribution < -0.4 is 11.1 Å². The van der Waals surface area contributed by atoms with Crippen LogP contribution in [0.25, 0.3) is 0 Å². The number of anilines is 1. The van der Waals surface area contributed by atoms with Gasteiger partial charge in [-0.3, -0.25) is 4.79 Å². The molecule has 0 spiro atoms. The minimum Gasteiger partial charge on any atom is -0.369 e. The fraction of sp³-hybridized carbons (Fsp3) is 0.467. The van der Waals surface area contributed by atoms with Gasteiger partial charge in [0.05, 0.1) is 5.92 Å². The topological polar surface area (TPSA) is 75.4 Å². The van der Waals surface area contributed by atoms with Gasteiger partial charge in [0.2, 0.25) is 5.91 Å². The molecule has 2 unspecified atom stereocenters. The van der Waals surface area contributed by atoms with Crippen LogP contribution in [0, 0.1) is 18.7 Å². The van der Waals surface area contributed by atoms with Crippen LogP contribution in [0.5, 0.6) is 0 Å². The van der Waals surface area contributed by atoms with Gasteiger partial charge in [-0.1, -0.05) is 0 Å². The fourth-order valence-corrected chi connectivity index (χ4v) is 2.63. The number of piperidine rings is 1. The molecule has 1 fully saturated rings. The number of rotatable bonds is 2. The lowest BCUT2D eigenvalue weighted by Crippen LogP contribution is -2.50. The number of carbonyl (C=O) groups excluding carboxylic acids is 2. The minimum atomic E-state index is -0.396. The molecular formula is C15H20FN3O2. The molecule has 114 valence electrons. The number of amides is 3. The summed E-state index contributed by atoms with van der Waals surface area (Å²) in [6.07, 6.45) is 1.42. The van der Waals surface area contributed by atoms with Gasteiger partial charge < -0.3 is 16.0 Å². The van der Waals surface area contributed by atoms with Crippen molar-refractivity contribution in [1.29, 1.82) is 0 Å². The number of nitrogens with zero attached hydrogens (tertiary/aromatic N) is 1. The summed E-state index contributed by atoms with van der Waals surface area (Å²) >= 11 is 0. The number of hydrogen-bond acceptors (Lipinski definition) is 2. The number of primary amides is 1. The van der Waals surface area contributed by atoms with Crippen molar-refractivity contribution in [3.63, 3.8) is 0 Å². The van der Waals surface area contributed by atoms with Crippen LogP contribution in [0.4, 0.5) is 14.9 Å².